The highest BCUT2D eigenvalue weighted by Gasteiger charge is 2.46. The number of hydrogen-bond acceptors (Lipinski definition) is 5. The number of aliphatic carboxylic acids is 1. The number of hydrogen-bond donors (Lipinski definition) is 0. The molecule has 0 bridgehead atoms. The van der Waals surface area contributed by atoms with Gasteiger partial charge in [-0.2, -0.15) is 26.3 Å². The van der Waals surface area contributed by atoms with Gasteiger partial charge in [0, 0.05) is 30.3 Å². The first-order valence-corrected chi connectivity index (χ1v) is 13.9. The Hall–Kier alpha value is -3.94. The number of nitrogens with zero attached hydrogens (tertiary/aromatic N) is 1. The van der Waals surface area contributed by atoms with Crippen LogP contribution in [0.25, 0.3) is 11.1 Å². The Balaban J connectivity index is 0.000000616. The molecule has 2 heterocycles. The number of carbonyl (C=O) groups excluding carboxylic acids is 2. The maximum atomic E-state index is 13.4. The summed E-state index contributed by atoms with van der Waals surface area (Å²) in [6.45, 7) is 3.30. The van der Waals surface area contributed by atoms with Crippen LogP contribution < -0.4 is 15.0 Å². The van der Waals surface area contributed by atoms with Gasteiger partial charge >= 0.3 is 12.4 Å². The minimum Gasteiger partial charge on any atom is -0.542 e. The fourth-order valence-corrected chi connectivity index (χ4v) is 6.26. The molecular formula is C28H26F6N2O5S. The molecule has 0 radical (unpaired) electrons. The lowest BCUT2D eigenvalue weighted by molar-refractivity contribution is -0.377. The summed E-state index contributed by atoms with van der Waals surface area (Å²) in [6, 6.07) is 15.2. The van der Waals surface area contributed by atoms with E-state index in [0.29, 0.717) is 19.0 Å². The fraction of sp³-hybridized carbons (Fsp3) is 0.321. The highest BCUT2D eigenvalue weighted by Crippen LogP contribution is 2.40. The standard InChI is InChI=1S/C26H25F3N2O3S.C2HF3O2/c1-25(2,35(33,34)23-7-3-6-21(15-23)26(27,28)29)20-12-14-31(24(32)16-20)22-10-8-18(9-11-22)19-5-4-13-30-17-19;3-2(4,5)1(6)7/h3-11,13,15,17,20H,12,14,16H2,1-2H3;(H,6,7)/t20-;/m1./s1. The lowest BCUT2D eigenvalue weighted by atomic mass is 9.85. The third kappa shape index (κ3) is 7.27. The van der Waals surface area contributed by atoms with Gasteiger partial charge in [-0.3, -0.25) is 4.79 Å². The summed E-state index contributed by atoms with van der Waals surface area (Å²) in [6.07, 6.45) is -5.76. The van der Waals surface area contributed by atoms with E-state index in [2.05, 4.69) is 4.98 Å². The molecule has 1 aliphatic rings. The van der Waals surface area contributed by atoms with Gasteiger partial charge in [-0.05, 0) is 68.1 Å². The second kappa shape index (κ2) is 12.1. The van der Waals surface area contributed by atoms with Crippen LogP contribution in [0.3, 0.4) is 0 Å². The second-order valence-electron chi connectivity index (χ2n) is 9.99. The predicted octanol–water partition coefficient (Wildman–Crippen LogP) is 4.48. The third-order valence-electron chi connectivity index (χ3n) is 7.02. The number of carboxylic acid groups (broad SMARTS) is 1. The van der Waals surface area contributed by atoms with Gasteiger partial charge in [0.15, 0.2) is 22.2 Å². The highest BCUT2D eigenvalue weighted by atomic mass is 32.2. The molecule has 7 nitrogen and oxygen atoms in total. The zero-order chi connectivity index (χ0) is 31.5. The van der Waals surface area contributed by atoms with E-state index in [4.69, 9.17) is 9.90 Å². The molecule has 1 atom stereocenters. The molecule has 0 unspecified atom stereocenters. The van der Waals surface area contributed by atoms with Gasteiger partial charge in [0.25, 0.3) is 0 Å². The van der Waals surface area contributed by atoms with Gasteiger partial charge in [-0.1, -0.05) is 18.2 Å². The summed E-state index contributed by atoms with van der Waals surface area (Å²) in [5.74, 6) is -3.76. The normalized spacial score (nSPS) is 16.4. The fourth-order valence-electron chi connectivity index (χ4n) is 4.47. The van der Waals surface area contributed by atoms with Crippen molar-refractivity contribution in [1.82, 2.24) is 0 Å². The Kier molecular flexibility index (Phi) is 9.40. The van der Waals surface area contributed by atoms with Crippen LogP contribution >= 0.6 is 0 Å². The topological polar surface area (TPSA) is 109 Å². The van der Waals surface area contributed by atoms with Crippen LogP contribution in [-0.2, 0) is 25.6 Å². The number of carbonyl (C=O) groups is 2. The molecule has 226 valence electrons. The van der Waals surface area contributed by atoms with Gasteiger partial charge in [-0.25, -0.2) is 13.4 Å². The van der Waals surface area contributed by atoms with Crippen molar-refractivity contribution < 1.29 is 54.4 Å². The van der Waals surface area contributed by atoms with E-state index in [9.17, 15) is 39.6 Å². The van der Waals surface area contributed by atoms with Crippen molar-refractivity contribution >= 4 is 27.4 Å². The van der Waals surface area contributed by atoms with Crippen LogP contribution in [0.5, 0.6) is 0 Å². The summed E-state index contributed by atoms with van der Waals surface area (Å²) >= 11 is 0. The number of anilines is 1. The maximum absolute atomic E-state index is 13.4. The van der Waals surface area contributed by atoms with Crippen LogP contribution in [-0.4, -0.2) is 37.8 Å². The largest absolute Gasteiger partial charge is 0.542 e. The van der Waals surface area contributed by atoms with Gasteiger partial charge in [0.2, 0.25) is 5.91 Å². The molecule has 1 N–H and O–H groups in total. The number of piperidine rings is 1. The number of amides is 1. The monoisotopic (exact) mass is 616 g/mol. The molecule has 42 heavy (non-hydrogen) atoms. The minimum atomic E-state index is -5.19. The quantitative estimate of drug-likeness (QED) is 0.393. The number of pyridine rings is 1. The van der Waals surface area contributed by atoms with E-state index in [1.165, 1.54) is 19.9 Å². The molecule has 4 rings (SSSR count). The summed E-state index contributed by atoms with van der Waals surface area (Å²) < 4.78 is 96.3. The number of sulfone groups is 1. The van der Waals surface area contributed by atoms with Crippen LogP contribution in [0.1, 0.15) is 32.3 Å². The number of nitrogens with one attached hydrogen (secondary N) is 1. The molecular weight excluding hydrogens is 590 g/mol. The van der Waals surface area contributed by atoms with Crippen molar-refractivity contribution in [3.63, 3.8) is 0 Å². The van der Waals surface area contributed by atoms with Gasteiger partial charge < -0.3 is 14.8 Å². The number of aromatic amines is 1. The van der Waals surface area contributed by atoms with Crippen LogP contribution in [0.15, 0.2) is 78.0 Å². The zero-order valence-electron chi connectivity index (χ0n) is 22.3. The first-order valence-electron chi connectivity index (χ1n) is 12.4. The van der Waals surface area contributed by atoms with Gasteiger partial charge in [-0.15, -0.1) is 0 Å². The predicted molar refractivity (Wildman–Crippen MR) is 137 cm³/mol. The van der Waals surface area contributed by atoms with Crippen molar-refractivity contribution in [1.29, 1.82) is 0 Å². The average Bonchev–Trinajstić information content (AvgIpc) is 2.93. The number of halogens is 6. The number of aromatic nitrogens is 1. The Morgan fingerprint density at radius 1 is 0.952 bits per heavy atom. The second-order valence-corrected chi connectivity index (χ2v) is 12.5. The summed E-state index contributed by atoms with van der Waals surface area (Å²) in [5, 5.41) is 8.78. The number of rotatable bonds is 5. The van der Waals surface area contributed by atoms with Gasteiger partial charge in [0.1, 0.15) is 5.97 Å². The Morgan fingerprint density at radius 3 is 2.07 bits per heavy atom. The van der Waals surface area contributed by atoms with Crippen LogP contribution in [0.2, 0.25) is 0 Å². The highest BCUT2D eigenvalue weighted by molar-refractivity contribution is 7.92. The van der Waals surface area contributed by atoms with E-state index < -0.39 is 44.4 Å². The van der Waals surface area contributed by atoms with Crippen molar-refractivity contribution in [2.24, 2.45) is 5.92 Å². The smallest absolute Gasteiger partial charge is 0.430 e. The maximum Gasteiger partial charge on any atom is 0.430 e. The average molecular weight is 617 g/mol. The van der Waals surface area contributed by atoms with Gasteiger partial charge in [0.05, 0.1) is 15.2 Å². The van der Waals surface area contributed by atoms with E-state index in [-0.39, 0.29) is 17.2 Å². The first-order chi connectivity index (χ1) is 19.4. The Morgan fingerprint density at radius 2 is 1.57 bits per heavy atom. The molecule has 1 amide bonds. The van der Waals surface area contributed by atoms with Crippen molar-refractivity contribution in [2.45, 2.75) is 48.7 Å². The number of alkyl halides is 6. The molecule has 2 aromatic carbocycles. The molecule has 0 saturated carbocycles. The van der Waals surface area contributed by atoms with E-state index in [1.54, 1.807) is 4.90 Å². The molecule has 1 saturated heterocycles. The SMILES string of the molecule is CC(C)([C@@H]1CCN(c2ccc(-c3ccc[nH+]c3)cc2)C(=O)C1)S(=O)(=O)c1cccc(C(F)(F)F)c1.O=C([O-])C(F)(F)F. The number of carboxylic acids is 1. The minimum absolute atomic E-state index is 0.0133. The zero-order valence-corrected chi connectivity index (χ0v) is 23.1. The Labute approximate surface area is 237 Å². The van der Waals surface area contributed by atoms with Crippen LogP contribution in [0, 0.1) is 5.92 Å². The molecule has 1 aromatic heterocycles. The molecule has 3 aromatic rings. The molecule has 0 aliphatic carbocycles. The Bertz CT molecular complexity index is 1520. The van der Waals surface area contributed by atoms with E-state index in [1.807, 2.05) is 48.8 Å². The number of benzene rings is 2. The molecule has 0 spiro atoms. The lowest BCUT2D eigenvalue weighted by Crippen LogP contribution is -2.48. The van der Waals surface area contributed by atoms with Crippen molar-refractivity contribution in [2.75, 3.05) is 11.4 Å². The summed E-state index contributed by atoms with van der Waals surface area (Å²) in [5.41, 5.74) is 1.69. The first kappa shape index (κ1) is 32.6. The van der Waals surface area contributed by atoms with E-state index >= 15 is 0 Å². The summed E-state index contributed by atoms with van der Waals surface area (Å²) in [7, 11) is -4.14. The van der Waals surface area contributed by atoms with Crippen LogP contribution in [0.4, 0.5) is 32.0 Å². The molecule has 1 aliphatic heterocycles. The van der Waals surface area contributed by atoms with Crippen molar-refractivity contribution in [3.8, 4) is 11.1 Å². The van der Waals surface area contributed by atoms with Crippen molar-refractivity contribution in [3.05, 3.63) is 78.6 Å². The summed E-state index contributed by atoms with van der Waals surface area (Å²) in [4.78, 5) is 26.1. The third-order valence-corrected chi connectivity index (χ3v) is 9.61. The molecule has 1 fully saturated rings. The lowest BCUT2D eigenvalue weighted by Gasteiger charge is -2.39. The van der Waals surface area contributed by atoms with E-state index in [0.717, 1.165) is 28.9 Å². The molecule has 14 heteroatoms. The number of H-pyrrole nitrogens is 1.